The molecule has 3 aromatic rings. The molecule has 2 aromatic carbocycles. The Morgan fingerprint density at radius 1 is 1.16 bits per heavy atom. The molecule has 0 spiro atoms. The maximum absolute atomic E-state index is 14.9. The molecular formula is C24H24F2N4O6S. The number of nitrogens with two attached hydrogens (primary N) is 1. The van der Waals surface area contributed by atoms with Gasteiger partial charge in [-0.25, -0.2) is 27.1 Å². The number of pyridine rings is 1. The van der Waals surface area contributed by atoms with Crippen LogP contribution in [0.15, 0.2) is 41.4 Å². The molecule has 10 nitrogen and oxygen atoms in total. The third-order valence-electron chi connectivity index (χ3n) is 5.56. The van der Waals surface area contributed by atoms with Gasteiger partial charge in [0, 0.05) is 17.0 Å². The molecule has 0 saturated carbocycles. The Balaban J connectivity index is 1.88. The van der Waals surface area contributed by atoms with E-state index in [4.69, 9.17) is 14.6 Å². The lowest BCUT2D eigenvalue weighted by atomic mass is 10.1. The number of halogens is 2. The summed E-state index contributed by atoms with van der Waals surface area (Å²) in [6.07, 6.45) is 0.559. The molecule has 0 saturated heterocycles. The fourth-order valence-corrected chi connectivity index (χ4v) is 4.42. The molecule has 2 N–H and O–H groups in total. The second-order valence-electron chi connectivity index (χ2n) is 9.33. The van der Waals surface area contributed by atoms with Crippen molar-refractivity contribution < 1.29 is 36.3 Å². The molecule has 196 valence electrons. The van der Waals surface area contributed by atoms with E-state index in [1.807, 2.05) is 0 Å². The Bertz CT molecular complexity index is 1520. The summed E-state index contributed by atoms with van der Waals surface area (Å²) >= 11 is 0. The van der Waals surface area contributed by atoms with E-state index in [-0.39, 0.29) is 11.4 Å². The SMILES string of the molecule is COc1ccc2c3c(cnc2c1)N(C(=O)OC(C)(C)C)CC(=O)N3Cc1c(F)cc(S(N)(=O)=O)cc1F. The highest BCUT2D eigenvalue weighted by molar-refractivity contribution is 7.89. The number of hydrogen-bond donors (Lipinski definition) is 1. The summed E-state index contributed by atoms with van der Waals surface area (Å²) in [4.78, 5) is 32.1. The number of sulfonamides is 1. The Morgan fingerprint density at radius 2 is 1.81 bits per heavy atom. The van der Waals surface area contributed by atoms with Crippen molar-refractivity contribution in [2.24, 2.45) is 5.14 Å². The van der Waals surface area contributed by atoms with E-state index in [9.17, 15) is 26.8 Å². The van der Waals surface area contributed by atoms with Crippen LogP contribution >= 0.6 is 0 Å². The zero-order valence-corrected chi connectivity index (χ0v) is 21.2. The smallest absolute Gasteiger partial charge is 0.415 e. The summed E-state index contributed by atoms with van der Waals surface area (Å²) in [5, 5.41) is 5.40. The first-order valence-electron chi connectivity index (χ1n) is 11.0. The number of fused-ring (bicyclic) bond motifs is 3. The van der Waals surface area contributed by atoms with Crippen molar-refractivity contribution >= 4 is 44.3 Å². The number of rotatable bonds is 4. The summed E-state index contributed by atoms with van der Waals surface area (Å²) < 4.78 is 63.6. The maximum Gasteiger partial charge on any atom is 0.415 e. The highest BCUT2D eigenvalue weighted by atomic mass is 32.2. The Hall–Kier alpha value is -3.84. The monoisotopic (exact) mass is 534 g/mol. The normalized spacial score (nSPS) is 14.1. The largest absolute Gasteiger partial charge is 0.497 e. The third-order valence-corrected chi connectivity index (χ3v) is 6.45. The minimum Gasteiger partial charge on any atom is -0.497 e. The summed E-state index contributed by atoms with van der Waals surface area (Å²) in [6.45, 7) is 3.94. The summed E-state index contributed by atoms with van der Waals surface area (Å²) in [6, 6.07) is 6.00. The van der Waals surface area contributed by atoms with Gasteiger partial charge in [-0.2, -0.15) is 0 Å². The molecule has 13 heteroatoms. The number of anilines is 2. The highest BCUT2D eigenvalue weighted by Crippen LogP contribution is 2.41. The topological polar surface area (TPSA) is 132 Å². The average molecular weight is 535 g/mol. The fraction of sp³-hybridized carbons (Fsp3) is 0.292. The molecule has 1 aliphatic rings. The Kier molecular flexibility index (Phi) is 6.54. The van der Waals surface area contributed by atoms with Crippen molar-refractivity contribution in [2.45, 2.75) is 37.8 Å². The summed E-state index contributed by atoms with van der Waals surface area (Å²) in [5.41, 5.74) is -0.659. The fourth-order valence-electron chi connectivity index (χ4n) is 3.89. The molecule has 0 bridgehead atoms. The maximum atomic E-state index is 14.9. The molecule has 0 aliphatic carbocycles. The Morgan fingerprint density at radius 3 is 2.38 bits per heavy atom. The second kappa shape index (κ2) is 9.23. The molecule has 37 heavy (non-hydrogen) atoms. The van der Waals surface area contributed by atoms with E-state index in [1.54, 1.807) is 39.0 Å². The number of methoxy groups -OCH3 is 1. The van der Waals surface area contributed by atoms with Crippen LogP contribution in [0.5, 0.6) is 5.75 Å². The number of primary sulfonamides is 1. The molecule has 0 radical (unpaired) electrons. The number of hydrogen-bond acceptors (Lipinski definition) is 7. The standard InChI is InChI=1S/C24H24F2N4O6S/c1-24(2,3)36-23(32)29-12-21(31)30(11-16-17(25)8-14(9-18(16)26)37(27,33)34)22-15-6-5-13(35-4)7-19(15)28-10-20(22)29/h5-10H,11-12H2,1-4H3,(H2,27,33,34). The van der Waals surface area contributed by atoms with Gasteiger partial charge in [-0.3, -0.25) is 14.7 Å². The lowest BCUT2D eigenvalue weighted by molar-refractivity contribution is -0.117. The number of benzene rings is 2. The van der Waals surface area contributed by atoms with Gasteiger partial charge < -0.3 is 14.4 Å². The quantitative estimate of drug-likeness (QED) is 0.542. The van der Waals surface area contributed by atoms with Gasteiger partial charge in [-0.05, 0) is 45.0 Å². The van der Waals surface area contributed by atoms with Gasteiger partial charge in [0.2, 0.25) is 15.9 Å². The van der Waals surface area contributed by atoms with E-state index >= 15 is 0 Å². The predicted molar refractivity (Wildman–Crippen MR) is 131 cm³/mol. The van der Waals surface area contributed by atoms with Crippen molar-refractivity contribution in [3.8, 4) is 5.75 Å². The van der Waals surface area contributed by atoms with Gasteiger partial charge in [0.25, 0.3) is 0 Å². The van der Waals surface area contributed by atoms with Crippen LogP contribution in [-0.4, -0.2) is 44.7 Å². The van der Waals surface area contributed by atoms with Crippen LogP contribution < -0.4 is 19.7 Å². The number of aromatic nitrogens is 1. The molecule has 2 amide bonds. The summed E-state index contributed by atoms with van der Waals surface area (Å²) in [5.74, 6) is -2.58. The molecule has 4 rings (SSSR count). The van der Waals surface area contributed by atoms with Crippen LogP contribution in [-0.2, 0) is 26.1 Å². The van der Waals surface area contributed by atoms with Crippen molar-refractivity contribution in [3.63, 3.8) is 0 Å². The van der Waals surface area contributed by atoms with Crippen LogP contribution in [0.1, 0.15) is 26.3 Å². The zero-order chi connectivity index (χ0) is 27.3. The molecule has 0 atom stereocenters. The lowest BCUT2D eigenvalue weighted by Gasteiger charge is -2.37. The third kappa shape index (κ3) is 5.18. The van der Waals surface area contributed by atoms with Gasteiger partial charge in [0.15, 0.2) is 0 Å². The number of carbonyl (C=O) groups excluding carboxylic acids is 2. The molecule has 0 fully saturated rings. The first-order valence-corrected chi connectivity index (χ1v) is 12.5. The van der Waals surface area contributed by atoms with E-state index in [2.05, 4.69) is 4.98 Å². The first kappa shape index (κ1) is 26.2. The second-order valence-corrected chi connectivity index (χ2v) is 10.9. The van der Waals surface area contributed by atoms with Crippen molar-refractivity contribution in [2.75, 3.05) is 23.5 Å². The minimum atomic E-state index is -4.36. The lowest BCUT2D eigenvalue weighted by Crippen LogP contribution is -2.49. The van der Waals surface area contributed by atoms with Crippen LogP contribution in [0, 0.1) is 11.6 Å². The van der Waals surface area contributed by atoms with Crippen molar-refractivity contribution in [1.29, 1.82) is 0 Å². The Labute approximate surface area is 211 Å². The van der Waals surface area contributed by atoms with Gasteiger partial charge >= 0.3 is 6.09 Å². The minimum absolute atomic E-state index is 0.170. The van der Waals surface area contributed by atoms with E-state index < -0.39 is 62.8 Å². The van der Waals surface area contributed by atoms with Crippen LogP contribution in [0.25, 0.3) is 10.9 Å². The summed E-state index contributed by atoms with van der Waals surface area (Å²) in [7, 11) is -2.89. The van der Waals surface area contributed by atoms with Crippen LogP contribution in [0.2, 0.25) is 0 Å². The number of ether oxygens (including phenoxy) is 2. The molecule has 0 unspecified atom stereocenters. The van der Waals surface area contributed by atoms with E-state index in [0.717, 1.165) is 9.80 Å². The van der Waals surface area contributed by atoms with Crippen LogP contribution in [0.3, 0.4) is 0 Å². The van der Waals surface area contributed by atoms with Crippen LogP contribution in [0.4, 0.5) is 25.0 Å². The highest BCUT2D eigenvalue weighted by Gasteiger charge is 2.37. The van der Waals surface area contributed by atoms with Crippen molar-refractivity contribution in [1.82, 2.24) is 4.98 Å². The van der Waals surface area contributed by atoms with Gasteiger partial charge in [-0.15, -0.1) is 0 Å². The number of nitrogens with zero attached hydrogens (tertiary/aromatic N) is 3. The molecule has 2 heterocycles. The first-order chi connectivity index (χ1) is 17.2. The van der Waals surface area contributed by atoms with Gasteiger partial charge in [0.05, 0.1) is 41.6 Å². The predicted octanol–water partition coefficient (Wildman–Crippen LogP) is 3.46. The molecule has 1 aliphatic heterocycles. The number of carbonyl (C=O) groups is 2. The zero-order valence-electron chi connectivity index (χ0n) is 20.4. The van der Waals surface area contributed by atoms with Gasteiger partial charge in [-0.1, -0.05) is 0 Å². The van der Waals surface area contributed by atoms with E-state index in [0.29, 0.717) is 28.8 Å². The molecular weight excluding hydrogens is 510 g/mol. The van der Waals surface area contributed by atoms with Crippen molar-refractivity contribution in [3.05, 3.63) is 53.7 Å². The van der Waals surface area contributed by atoms with Gasteiger partial charge in [0.1, 0.15) is 29.5 Å². The van der Waals surface area contributed by atoms with E-state index in [1.165, 1.54) is 13.3 Å². The number of amides is 2. The molecule has 1 aromatic heterocycles. The average Bonchev–Trinajstić information content (AvgIpc) is 2.79.